The first-order valence-corrected chi connectivity index (χ1v) is 11.9. The van der Waals surface area contributed by atoms with Crippen molar-refractivity contribution in [2.75, 3.05) is 39.8 Å². The van der Waals surface area contributed by atoms with Crippen molar-refractivity contribution < 1.29 is 9.21 Å². The molecule has 2 aliphatic heterocycles. The first-order valence-electron chi connectivity index (χ1n) is 11.0. The molecule has 0 radical (unpaired) electrons. The number of hydrogen-bond donors (Lipinski definition) is 0. The zero-order valence-corrected chi connectivity index (χ0v) is 18.4. The monoisotopic (exact) mass is 426 g/mol. The molecule has 7 heteroatoms. The summed E-state index contributed by atoms with van der Waals surface area (Å²) >= 11 is 1.67. The molecule has 30 heavy (non-hydrogen) atoms. The molecule has 1 amide bonds. The largest absolute Gasteiger partial charge is 0.467 e. The van der Waals surface area contributed by atoms with Crippen LogP contribution in [0.5, 0.6) is 0 Å². The summed E-state index contributed by atoms with van der Waals surface area (Å²) < 4.78 is 5.65. The third-order valence-electron chi connectivity index (χ3n) is 6.41. The van der Waals surface area contributed by atoms with E-state index in [2.05, 4.69) is 28.3 Å². The number of furan rings is 1. The number of carbonyl (C=O) groups is 1. The van der Waals surface area contributed by atoms with Crippen molar-refractivity contribution in [3.05, 3.63) is 46.5 Å². The smallest absolute Gasteiger partial charge is 0.257 e. The Morgan fingerprint density at radius 1 is 1.23 bits per heavy atom. The standard InChI is InChI=1S/C23H30N4O2S/c1-25(13-17-6-7-17)14-18-8-9-26(15-18)16-23(28)27-20(21-4-2-10-29-21)12-19(24-27)22-5-3-11-30-22/h2-5,10-11,17-18,20H,6-9,12-16H2,1H3. The van der Waals surface area contributed by atoms with E-state index in [0.29, 0.717) is 18.9 Å². The van der Waals surface area contributed by atoms with Crippen LogP contribution in [0.2, 0.25) is 0 Å². The lowest BCUT2D eigenvalue weighted by Crippen LogP contribution is -2.38. The van der Waals surface area contributed by atoms with Gasteiger partial charge in [-0.2, -0.15) is 5.10 Å². The number of likely N-dealkylation sites (tertiary alicyclic amines) is 1. The highest BCUT2D eigenvalue weighted by Gasteiger charge is 2.36. The molecule has 6 nitrogen and oxygen atoms in total. The number of nitrogens with zero attached hydrogens (tertiary/aromatic N) is 4. The minimum Gasteiger partial charge on any atom is -0.467 e. The lowest BCUT2D eigenvalue weighted by Gasteiger charge is -2.24. The fraction of sp³-hybridized carbons (Fsp3) is 0.565. The lowest BCUT2D eigenvalue weighted by molar-refractivity contribution is -0.134. The molecule has 5 rings (SSSR count). The molecule has 1 aliphatic carbocycles. The van der Waals surface area contributed by atoms with Gasteiger partial charge in [0.25, 0.3) is 5.91 Å². The van der Waals surface area contributed by atoms with Crippen molar-refractivity contribution in [1.29, 1.82) is 0 Å². The van der Waals surface area contributed by atoms with Gasteiger partial charge in [0.1, 0.15) is 11.8 Å². The van der Waals surface area contributed by atoms with Gasteiger partial charge in [-0.15, -0.1) is 11.3 Å². The van der Waals surface area contributed by atoms with Crippen LogP contribution in [0.1, 0.15) is 42.4 Å². The second-order valence-corrected chi connectivity index (χ2v) is 10.00. The summed E-state index contributed by atoms with van der Waals surface area (Å²) in [4.78, 5) is 19.1. The topological polar surface area (TPSA) is 52.3 Å². The number of hydrogen-bond acceptors (Lipinski definition) is 6. The average molecular weight is 427 g/mol. The lowest BCUT2D eigenvalue weighted by atomic mass is 10.1. The fourth-order valence-corrected chi connectivity index (χ4v) is 5.48. The Bertz CT molecular complexity index is 875. The molecule has 2 unspecified atom stereocenters. The molecule has 0 bridgehead atoms. The maximum Gasteiger partial charge on any atom is 0.257 e. The summed E-state index contributed by atoms with van der Waals surface area (Å²) in [5, 5.41) is 8.45. The van der Waals surface area contributed by atoms with Crippen molar-refractivity contribution in [3.63, 3.8) is 0 Å². The van der Waals surface area contributed by atoms with Gasteiger partial charge in [0.2, 0.25) is 0 Å². The highest BCUT2D eigenvalue weighted by molar-refractivity contribution is 7.12. The van der Waals surface area contributed by atoms with Crippen molar-refractivity contribution in [2.45, 2.75) is 31.7 Å². The van der Waals surface area contributed by atoms with Crippen LogP contribution in [0.4, 0.5) is 0 Å². The number of carbonyl (C=O) groups excluding carboxylic acids is 1. The average Bonchev–Trinajstić information content (AvgIpc) is 3.26. The second kappa shape index (κ2) is 8.65. The number of amides is 1. The molecule has 160 valence electrons. The van der Waals surface area contributed by atoms with Crippen LogP contribution in [-0.2, 0) is 4.79 Å². The van der Waals surface area contributed by atoms with Gasteiger partial charge >= 0.3 is 0 Å². The van der Waals surface area contributed by atoms with Gasteiger partial charge in [-0.1, -0.05) is 6.07 Å². The van der Waals surface area contributed by atoms with E-state index < -0.39 is 0 Å². The van der Waals surface area contributed by atoms with Crippen LogP contribution in [-0.4, -0.2) is 66.2 Å². The molecule has 2 aromatic rings. The summed E-state index contributed by atoms with van der Waals surface area (Å²) in [5.74, 6) is 2.46. The first-order chi connectivity index (χ1) is 14.7. The van der Waals surface area contributed by atoms with Crippen molar-refractivity contribution in [3.8, 4) is 0 Å². The minimum absolute atomic E-state index is 0.0648. The summed E-state index contributed by atoms with van der Waals surface area (Å²) in [7, 11) is 2.24. The third kappa shape index (κ3) is 4.53. The molecule has 1 saturated carbocycles. The molecular weight excluding hydrogens is 396 g/mol. The maximum atomic E-state index is 13.2. The molecule has 0 aromatic carbocycles. The van der Waals surface area contributed by atoms with Crippen molar-refractivity contribution >= 4 is 23.0 Å². The number of rotatable bonds is 8. The van der Waals surface area contributed by atoms with Gasteiger partial charge in [-0.05, 0) is 68.3 Å². The molecule has 3 aliphatic rings. The van der Waals surface area contributed by atoms with Gasteiger partial charge < -0.3 is 9.32 Å². The van der Waals surface area contributed by atoms with Crippen LogP contribution in [0, 0.1) is 11.8 Å². The molecule has 2 aromatic heterocycles. The van der Waals surface area contributed by atoms with E-state index in [9.17, 15) is 4.79 Å². The zero-order valence-electron chi connectivity index (χ0n) is 17.6. The Kier molecular flexibility index (Phi) is 5.76. The molecule has 0 spiro atoms. The van der Waals surface area contributed by atoms with Gasteiger partial charge in [0.15, 0.2) is 0 Å². The van der Waals surface area contributed by atoms with E-state index in [-0.39, 0.29) is 11.9 Å². The fourth-order valence-electron chi connectivity index (χ4n) is 4.76. The quantitative estimate of drug-likeness (QED) is 0.646. The van der Waals surface area contributed by atoms with E-state index in [4.69, 9.17) is 9.52 Å². The SMILES string of the molecule is CN(CC1CC1)CC1CCN(CC(=O)N2N=C(c3cccs3)CC2c2ccco2)C1. The van der Waals surface area contributed by atoms with Gasteiger partial charge in [-0.3, -0.25) is 9.69 Å². The Morgan fingerprint density at radius 2 is 2.10 bits per heavy atom. The second-order valence-electron chi connectivity index (χ2n) is 9.05. The van der Waals surface area contributed by atoms with Crippen molar-refractivity contribution in [1.82, 2.24) is 14.8 Å². The highest BCUT2D eigenvalue weighted by Crippen LogP contribution is 2.34. The highest BCUT2D eigenvalue weighted by atomic mass is 32.1. The van der Waals surface area contributed by atoms with Crippen molar-refractivity contribution in [2.24, 2.45) is 16.9 Å². The Hall–Kier alpha value is -1.96. The zero-order chi connectivity index (χ0) is 20.5. The molecule has 2 fully saturated rings. The van der Waals surface area contributed by atoms with Crippen LogP contribution in [0.15, 0.2) is 45.4 Å². The van der Waals surface area contributed by atoms with Crippen LogP contribution in [0.3, 0.4) is 0 Å². The summed E-state index contributed by atoms with van der Waals surface area (Å²) in [6, 6.07) is 7.77. The van der Waals surface area contributed by atoms with E-state index in [1.807, 2.05) is 18.2 Å². The van der Waals surface area contributed by atoms with Gasteiger partial charge in [0.05, 0.1) is 23.4 Å². The van der Waals surface area contributed by atoms with Gasteiger partial charge in [0, 0.05) is 26.1 Å². The number of hydrazone groups is 1. The summed E-state index contributed by atoms with van der Waals surface area (Å²) in [5.41, 5.74) is 0.973. The summed E-state index contributed by atoms with van der Waals surface area (Å²) in [6.45, 7) is 4.80. The van der Waals surface area contributed by atoms with E-state index >= 15 is 0 Å². The molecule has 0 N–H and O–H groups in total. The normalized spacial score (nSPS) is 24.7. The number of thiophene rings is 1. The van der Waals surface area contributed by atoms with E-state index in [1.54, 1.807) is 22.6 Å². The molecule has 2 atom stereocenters. The summed E-state index contributed by atoms with van der Waals surface area (Å²) in [6.07, 6.45) is 6.35. The Morgan fingerprint density at radius 3 is 2.83 bits per heavy atom. The van der Waals surface area contributed by atoms with E-state index in [0.717, 1.165) is 41.9 Å². The van der Waals surface area contributed by atoms with Crippen LogP contribution < -0.4 is 0 Å². The Balaban J connectivity index is 1.21. The molecular formula is C23H30N4O2S. The minimum atomic E-state index is -0.146. The predicted octanol–water partition coefficient (Wildman–Crippen LogP) is 3.68. The van der Waals surface area contributed by atoms with Crippen LogP contribution in [0.25, 0.3) is 0 Å². The maximum absolute atomic E-state index is 13.2. The van der Waals surface area contributed by atoms with Crippen LogP contribution >= 0.6 is 11.3 Å². The van der Waals surface area contributed by atoms with Gasteiger partial charge in [-0.25, -0.2) is 5.01 Å². The molecule has 4 heterocycles. The predicted molar refractivity (Wildman–Crippen MR) is 119 cm³/mol. The Labute approximate surface area is 182 Å². The third-order valence-corrected chi connectivity index (χ3v) is 7.33. The van der Waals surface area contributed by atoms with E-state index in [1.165, 1.54) is 25.8 Å². The first kappa shape index (κ1) is 20.0. The molecule has 1 saturated heterocycles.